The highest BCUT2D eigenvalue weighted by Gasteiger charge is 2.26. The molecule has 2 aromatic carbocycles. The molecule has 0 saturated carbocycles. The molecule has 27 heavy (non-hydrogen) atoms. The minimum atomic E-state index is -0.645. The zero-order valence-electron chi connectivity index (χ0n) is 14.7. The Balaban J connectivity index is 0.00000182. The van der Waals surface area contributed by atoms with Gasteiger partial charge in [0.25, 0.3) is 0 Å². The first kappa shape index (κ1) is 23.7. The zero-order valence-corrected chi connectivity index (χ0v) is 17.1. The van der Waals surface area contributed by atoms with Crippen LogP contribution in [0.4, 0.5) is 4.39 Å². The maximum Gasteiger partial charge on any atom is 0.244 e. The van der Waals surface area contributed by atoms with Gasteiger partial charge in [-0.3, -0.25) is 9.69 Å². The van der Waals surface area contributed by atoms with Gasteiger partial charge < -0.3 is 10.6 Å². The molecule has 1 aliphatic rings. The largest absolute Gasteiger partial charge is 0.338 e. The highest BCUT2D eigenvalue weighted by molar-refractivity contribution is 6.31. The first-order chi connectivity index (χ1) is 12.1. The number of carbonyl (C=O) groups excluding carboxylic acids is 1. The van der Waals surface area contributed by atoms with Crippen LogP contribution < -0.4 is 5.73 Å². The molecule has 0 aliphatic carbocycles. The number of piperazine rings is 1. The standard InChI is InChI=1S/C19H21ClFN3O.2ClH/c20-16-7-4-8-17(21)15(16)13-23-9-11-24(12-10-23)19(25)18(22)14-5-2-1-3-6-14;;/h1-8,18H,9-13,22H2;2*1H. The molecule has 1 fully saturated rings. The Bertz CT molecular complexity index is 720. The molecule has 0 aromatic heterocycles. The third-order valence-corrected chi connectivity index (χ3v) is 4.91. The van der Waals surface area contributed by atoms with Crippen molar-refractivity contribution in [3.8, 4) is 0 Å². The van der Waals surface area contributed by atoms with Gasteiger partial charge in [-0.1, -0.05) is 48.0 Å². The van der Waals surface area contributed by atoms with Gasteiger partial charge in [0.05, 0.1) is 0 Å². The van der Waals surface area contributed by atoms with E-state index in [4.69, 9.17) is 17.3 Å². The van der Waals surface area contributed by atoms with Crippen LogP contribution in [-0.4, -0.2) is 41.9 Å². The summed E-state index contributed by atoms with van der Waals surface area (Å²) in [4.78, 5) is 16.4. The number of benzene rings is 2. The summed E-state index contributed by atoms with van der Waals surface area (Å²) in [5, 5.41) is 0.435. The predicted molar refractivity (Wildman–Crippen MR) is 111 cm³/mol. The lowest BCUT2D eigenvalue weighted by molar-refractivity contribution is -0.134. The van der Waals surface area contributed by atoms with Gasteiger partial charge in [-0.2, -0.15) is 0 Å². The van der Waals surface area contributed by atoms with Gasteiger partial charge in [-0.15, -0.1) is 24.8 Å². The van der Waals surface area contributed by atoms with Gasteiger partial charge in [-0.25, -0.2) is 4.39 Å². The molecule has 8 heteroatoms. The Morgan fingerprint density at radius 1 is 1.04 bits per heavy atom. The van der Waals surface area contributed by atoms with Crippen molar-refractivity contribution in [1.82, 2.24) is 9.80 Å². The summed E-state index contributed by atoms with van der Waals surface area (Å²) in [6, 6.07) is 13.4. The molecule has 1 heterocycles. The van der Waals surface area contributed by atoms with Crippen molar-refractivity contribution in [2.45, 2.75) is 12.6 Å². The summed E-state index contributed by atoms with van der Waals surface area (Å²) in [6.07, 6.45) is 0. The van der Waals surface area contributed by atoms with Crippen molar-refractivity contribution in [1.29, 1.82) is 0 Å². The molecule has 0 spiro atoms. The van der Waals surface area contributed by atoms with Crippen LogP contribution in [0.2, 0.25) is 5.02 Å². The van der Waals surface area contributed by atoms with Crippen LogP contribution in [0.25, 0.3) is 0 Å². The van der Waals surface area contributed by atoms with Gasteiger partial charge in [0.1, 0.15) is 11.9 Å². The third kappa shape index (κ3) is 5.80. The fourth-order valence-corrected chi connectivity index (χ4v) is 3.26. The Morgan fingerprint density at radius 2 is 1.67 bits per heavy atom. The van der Waals surface area contributed by atoms with E-state index in [1.807, 2.05) is 30.3 Å². The number of rotatable bonds is 4. The van der Waals surface area contributed by atoms with Crippen LogP contribution in [0.3, 0.4) is 0 Å². The minimum Gasteiger partial charge on any atom is -0.338 e. The van der Waals surface area contributed by atoms with E-state index < -0.39 is 6.04 Å². The van der Waals surface area contributed by atoms with Gasteiger partial charge in [0.15, 0.2) is 0 Å². The molecule has 0 bridgehead atoms. The minimum absolute atomic E-state index is 0. The number of nitrogens with zero attached hydrogens (tertiary/aromatic N) is 2. The molecule has 1 aliphatic heterocycles. The highest BCUT2D eigenvalue weighted by Crippen LogP contribution is 2.22. The third-order valence-electron chi connectivity index (χ3n) is 4.55. The molecule has 2 aromatic rings. The van der Waals surface area contributed by atoms with Gasteiger partial charge in [-0.05, 0) is 17.7 Å². The summed E-state index contributed by atoms with van der Waals surface area (Å²) >= 11 is 6.09. The summed E-state index contributed by atoms with van der Waals surface area (Å²) < 4.78 is 13.9. The lowest BCUT2D eigenvalue weighted by atomic mass is 10.1. The summed E-state index contributed by atoms with van der Waals surface area (Å²) in [5.41, 5.74) is 7.41. The van der Waals surface area contributed by atoms with E-state index in [9.17, 15) is 9.18 Å². The lowest BCUT2D eigenvalue weighted by Gasteiger charge is -2.36. The molecule has 2 N–H and O–H groups in total. The number of amides is 1. The maximum atomic E-state index is 13.9. The van der Waals surface area contributed by atoms with Crippen LogP contribution in [0.1, 0.15) is 17.2 Å². The first-order valence-corrected chi connectivity index (χ1v) is 8.68. The van der Waals surface area contributed by atoms with Crippen molar-refractivity contribution >= 4 is 42.3 Å². The van der Waals surface area contributed by atoms with E-state index in [2.05, 4.69) is 4.90 Å². The Hall–Kier alpha value is -1.37. The molecule has 4 nitrogen and oxygen atoms in total. The topological polar surface area (TPSA) is 49.6 Å². The Kier molecular flexibility index (Phi) is 9.50. The molecule has 1 saturated heterocycles. The van der Waals surface area contributed by atoms with Crippen LogP contribution in [0, 0.1) is 5.82 Å². The maximum absolute atomic E-state index is 13.9. The Morgan fingerprint density at radius 3 is 2.26 bits per heavy atom. The Labute approximate surface area is 176 Å². The molecule has 148 valence electrons. The molecular weight excluding hydrogens is 412 g/mol. The average Bonchev–Trinajstić information content (AvgIpc) is 2.65. The van der Waals surface area contributed by atoms with E-state index in [0.717, 1.165) is 5.56 Å². The normalized spacial score (nSPS) is 15.4. The van der Waals surface area contributed by atoms with Crippen molar-refractivity contribution in [3.63, 3.8) is 0 Å². The summed E-state index contributed by atoms with van der Waals surface area (Å²) in [6.45, 7) is 2.92. The second-order valence-corrected chi connectivity index (χ2v) is 6.60. The van der Waals surface area contributed by atoms with Gasteiger partial charge >= 0.3 is 0 Å². The molecule has 1 amide bonds. The second kappa shape index (κ2) is 10.8. The van der Waals surface area contributed by atoms with Gasteiger partial charge in [0, 0.05) is 43.3 Å². The number of hydrogen-bond donors (Lipinski definition) is 1. The van der Waals surface area contributed by atoms with E-state index in [0.29, 0.717) is 43.3 Å². The van der Waals surface area contributed by atoms with E-state index in [-0.39, 0.29) is 36.5 Å². The quantitative estimate of drug-likeness (QED) is 0.799. The molecule has 1 atom stereocenters. The van der Waals surface area contributed by atoms with E-state index in [1.54, 1.807) is 17.0 Å². The van der Waals surface area contributed by atoms with Crippen LogP contribution in [-0.2, 0) is 11.3 Å². The second-order valence-electron chi connectivity index (χ2n) is 6.19. The highest BCUT2D eigenvalue weighted by atomic mass is 35.5. The zero-order chi connectivity index (χ0) is 17.8. The van der Waals surface area contributed by atoms with Crippen molar-refractivity contribution < 1.29 is 9.18 Å². The SMILES string of the molecule is Cl.Cl.NC(C(=O)N1CCN(Cc2c(F)cccc2Cl)CC1)c1ccccc1. The fraction of sp³-hybridized carbons (Fsp3) is 0.316. The predicted octanol–water partition coefficient (Wildman–Crippen LogP) is 3.67. The number of nitrogens with two attached hydrogens (primary N) is 1. The van der Waals surface area contributed by atoms with Crippen LogP contribution >= 0.6 is 36.4 Å². The van der Waals surface area contributed by atoms with E-state index in [1.165, 1.54) is 6.07 Å². The molecular formula is C19H23Cl3FN3O. The first-order valence-electron chi connectivity index (χ1n) is 8.31. The van der Waals surface area contributed by atoms with E-state index >= 15 is 0 Å². The van der Waals surface area contributed by atoms with Crippen molar-refractivity contribution in [2.75, 3.05) is 26.2 Å². The summed E-state index contributed by atoms with van der Waals surface area (Å²) in [5.74, 6) is -0.369. The monoisotopic (exact) mass is 433 g/mol. The average molecular weight is 435 g/mol. The molecule has 1 unspecified atom stereocenters. The lowest BCUT2D eigenvalue weighted by Crippen LogP contribution is -2.50. The van der Waals surface area contributed by atoms with Crippen molar-refractivity contribution in [3.05, 3.63) is 70.5 Å². The van der Waals surface area contributed by atoms with Crippen LogP contribution in [0.5, 0.6) is 0 Å². The molecule has 3 rings (SSSR count). The smallest absolute Gasteiger partial charge is 0.244 e. The number of hydrogen-bond acceptors (Lipinski definition) is 3. The van der Waals surface area contributed by atoms with Gasteiger partial charge in [0.2, 0.25) is 5.91 Å². The van der Waals surface area contributed by atoms with Crippen LogP contribution in [0.15, 0.2) is 48.5 Å². The number of carbonyl (C=O) groups is 1. The number of halogens is 4. The van der Waals surface area contributed by atoms with Crippen molar-refractivity contribution in [2.24, 2.45) is 5.73 Å². The fourth-order valence-electron chi connectivity index (χ4n) is 3.03. The molecule has 0 radical (unpaired) electrons. The summed E-state index contributed by atoms with van der Waals surface area (Å²) in [7, 11) is 0.